The summed E-state index contributed by atoms with van der Waals surface area (Å²) in [7, 11) is 0. The molecule has 1 heterocycles. The molecule has 0 aromatic heterocycles. The second-order valence-corrected chi connectivity index (χ2v) is 15.1. The highest BCUT2D eigenvalue weighted by Crippen LogP contribution is 2.64. The molecule has 0 spiro atoms. The van der Waals surface area contributed by atoms with Crippen LogP contribution in [0.2, 0.25) is 0 Å². The van der Waals surface area contributed by atoms with E-state index in [2.05, 4.69) is 84.2 Å². The predicted octanol–water partition coefficient (Wildman–Crippen LogP) is 7.14. The Morgan fingerprint density at radius 2 is 1.70 bits per heavy atom. The fourth-order valence-corrected chi connectivity index (χ4v) is 8.56. The van der Waals surface area contributed by atoms with Crippen LogP contribution >= 0.6 is 0 Å². The van der Waals surface area contributed by atoms with Gasteiger partial charge in [-0.2, -0.15) is 0 Å². The molecule has 5 rings (SSSR count). The van der Waals surface area contributed by atoms with Gasteiger partial charge in [0.05, 0.1) is 0 Å². The fraction of sp³-hybridized carbons (Fsp3) is 0.697. The number of nitrogens with one attached hydrogen (secondary N) is 2. The van der Waals surface area contributed by atoms with Gasteiger partial charge >= 0.3 is 0 Å². The van der Waals surface area contributed by atoms with E-state index in [9.17, 15) is 9.59 Å². The number of hydrogen-bond donors (Lipinski definition) is 2. The molecule has 4 aliphatic rings. The van der Waals surface area contributed by atoms with Crippen molar-refractivity contribution in [1.29, 1.82) is 0 Å². The molecular formula is C33H48N2O2. The lowest BCUT2D eigenvalue weighted by Crippen LogP contribution is -2.57. The molecule has 3 unspecified atom stereocenters. The Labute approximate surface area is 224 Å². The lowest BCUT2D eigenvalue weighted by Gasteiger charge is -2.58. The molecule has 4 nitrogen and oxygen atoms in total. The molecule has 3 fully saturated rings. The summed E-state index contributed by atoms with van der Waals surface area (Å²) in [6, 6.07) is 6.66. The summed E-state index contributed by atoms with van der Waals surface area (Å²) in [6.07, 6.45) is 7.86. The average Bonchev–Trinajstić information content (AvgIpc) is 3.15. The van der Waals surface area contributed by atoms with Crippen molar-refractivity contribution in [1.82, 2.24) is 5.32 Å². The Hall–Kier alpha value is -2.10. The van der Waals surface area contributed by atoms with Crippen LogP contribution < -0.4 is 10.6 Å². The first-order chi connectivity index (χ1) is 17.1. The number of ketones is 1. The Morgan fingerprint density at radius 1 is 0.973 bits per heavy atom. The van der Waals surface area contributed by atoms with Gasteiger partial charge in [0.1, 0.15) is 0 Å². The molecule has 1 aliphatic heterocycles. The Kier molecular flexibility index (Phi) is 6.24. The van der Waals surface area contributed by atoms with Crippen molar-refractivity contribution >= 4 is 17.4 Å². The highest BCUT2D eigenvalue weighted by atomic mass is 16.2. The molecule has 202 valence electrons. The third kappa shape index (κ3) is 4.36. The normalized spacial score (nSPS) is 35.6. The van der Waals surface area contributed by atoms with Crippen molar-refractivity contribution in [3.63, 3.8) is 0 Å². The summed E-state index contributed by atoms with van der Waals surface area (Å²) >= 11 is 0. The number of amides is 1. The van der Waals surface area contributed by atoms with Gasteiger partial charge in [-0.05, 0) is 83.3 Å². The van der Waals surface area contributed by atoms with Crippen LogP contribution in [0.4, 0.5) is 5.69 Å². The fourth-order valence-electron chi connectivity index (χ4n) is 8.56. The monoisotopic (exact) mass is 504 g/mol. The smallest absolute Gasteiger partial charge is 0.228 e. The number of rotatable bonds is 2. The Bertz CT molecular complexity index is 1140. The molecule has 2 N–H and O–H groups in total. The number of allylic oxidation sites excluding steroid dienone is 2. The standard InChI is InChI=1S/C33H48N2O2/c1-30(2,3)20-9-10-25(31(4,5)6)27(17-20)35-29(37)26-12-11-23-22-19-34-28-18-21(36)13-15-33(28,8)24(22)14-16-32(23,26)7/h9-10,17-18,22-24,26,34H,11-16,19H2,1-8H3,(H,35,37)/t22?,23?,24?,26-,32+,33-/m1/s1. The van der Waals surface area contributed by atoms with Gasteiger partial charge in [0, 0.05) is 41.8 Å². The van der Waals surface area contributed by atoms with Crippen LogP contribution in [0.15, 0.2) is 30.0 Å². The van der Waals surface area contributed by atoms with E-state index in [1.165, 1.54) is 16.8 Å². The van der Waals surface area contributed by atoms with Crippen molar-refractivity contribution < 1.29 is 9.59 Å². The van der Waals surface area contributed by atoms with Gasteiger partial charge < -0.3 is 10.6 Å². The first-order valence-corrected chi connectivity index (χ1v) is 14.6. The summed E-state index contributed by atoms with van der Waals surface area (Å²) in [5.74, 6) is 2.24. The molecule has 1 aromatic carbocycles. The van der Waals surface area contributed by atoms with Gasteiger partial charge in [-0.25, -0.2) is 0 Å². The molecule has 2 saturated carbocycles. The van der Waals surface area contributed by atoms with E-state index in [4.69, 9.17) is 0 Å². The highest BCUT2D eigenvalue weighted by Gasteiger charge is 2.60. The van der Waals surface area contributed by atoms with E-state index in [0.29, 0.717) is 24.2 Å². The first-order valence-electron chi connectivity index (χ1n) is 14.6. The van der Waals surface area contributed by atoms with E-state index < -0.39 is 0 Å². The summed E-state index contributed by atoms with van der Waals surface area (Å²) in [5, 5.41) is 7.15. The maximum atomic E-state index is 14.0. The lowest BCUT2D eigenvalue weighted by atomic mass is 9.50. The molecule has 37 heavy (non-hydrogen) atoms. The first kappa shape index (κ1) is 26.5. The van der Waals surface area contributed by atoms with E-state index >= 15 is 0 Å². The number of fused-ring (bicyclic) bond motifs is 5. The van der Waals surface area contributed by atoms with Gasteiger partial charge in [-0.1, -0.05) is 67.5 Å². The van der Waals surface area contributed by atoms with Crippen molar-refractivity contribution in [2.75, 3.05) is 11.9 Å². The quantitative estimate of drug-likeness (QED) is 0.450. The summed E-state index contributed by atoms with van der Waals surface area (Å²) in [6.45, 7) is 19.1. The van der Waals surface area contributed by atoms with Crippen LogP contribution in [0.3, 0.4) is 0 Å². The number of hydrogen-bond acceptors (Lipinski definition) is 3. The zero-order chi connectivity index (χ0) is 27.0. The lowest BCUT2D eigenvalue weighted by molar-refractivity contribution is -0.127. The van der Waals surface area contributed by atoms with Crippen LogP contribution in [-0.2, 0) is 20.4 Å². The minimum atomic E-state index is -0.0466. The maximum Gasteiger partial charge on any atom is 0.228 e. The van der Waals surface area contributed by atoms with Crippen LogP contribution in [0.5, 0.6) is 0 Å². The zero-order valence-electron chi connectivity index (χ0n) is 24.4. The average molecular weight is 505 g/mol. The van der Waals surface area contributed by atoms with Crippen LogP contribution in [0, 0.1) is 34.5 Å². The van der Waals surface area contributed by atoms with Gasteiger partial charge in [0.15, 0.2) is 5.78 Å². The third-order valence-corrected chi connectivity index (χ3v) is 10.9. The summed E-state index contributed by atoms with van der Waals surface area (Å²) in [4.78, 5) is 26.2. The molecule has 1 amide bonds. The van der Waals surface area contributed by atoms with Gasteiger partial charge in [-0.3, -0.25) is 9.59 Å². The van der Waals surface area contributed by atoms with Gasteiger partial charge in [-0.15, -0.1) is 0 Å². The minimum absolute atomic E-state index is 0.0263. The topological polar surface area (TPSA) is 58.2 Å². The number of piperidine rings is 1. The van der Waals surface area contributed by atoms with Crippen molar-refractivity contribution in [2.24, 2.45) is 34.5 Å². The number of benzene rings is 1. The molecule has 1 saturated heterocycles. The zero-order valence-corrected chi connectivity index (χ0v) is 24.4. The SMILES string of the molecule is CC(C)(C)c1ccc(C(C)(C)C)c(NC(=O)[C@H]2CCC3C4CNC5=CC(=O)CC[C@]5(C)C4CC[C@@]32C)c1. The molecule has 6 atom stereocenters. The van der Waals surface area contributed by atoms with E-state index in [0.717, 1.165) is 44.3 Å². The van der Waals surface area contributed by atoms with E-state index in [1.54, 1.807) is 0 Å². The maximum absolute atomic E-state index is 14.0. The van der Waals surface area contributed by atoms with Crippen molar-refractivity contribution in [2.45, 2.75) is 105 Å². The predicted molar refractivity (Wildman–Crippen MR) is 151 cm³/mol. The number of carbonyl (C=O) groups is 2. The van der Waals surface area contributed by atoms with Crippen molar-refractivity contribution in [3.05, 3.63) is 41.1 Å². The number of carbonyl (C=O) groups excluding carboxylic acids is 2. The van der Waals surface area contributed by atoms with E-state index in [-0.39, 0.29) is 39.3 Å². The molecule has 4 heteroatoms. The van der Waals surface area contributed by atoms with Gasteiger partial charge in [0.25, 0.3) is 0 Å². The van der Waals surface area contributed by atoms with E-state index in [1.807, 2.05) is 6.08 Å². The second-order valence-electron chi connectivity index (χ2n) is 15.1. The molecule has 1 aromatic rings. The Balaban J connectivity index is 1.40. The molecule has 3 aliphatic carbocycles. The van der Waals surface area contributed by atoms with Crippen LogP contribution in [0.1, 0.15) is 105 Å². The summed E-state index contributed by atoms with van der Waals surface area (Å²) < 4.78 is 0. The Morgan fingerprint density at radius 3 is 2.38 bits per heavy atom. The van der Waals surface area contributed by atoms with Gasteiger partial charge in [0.2, 0.25) is 5.91 Å². The molecule has 0 radical (unpaired) electrons. The largest absolute Gasteiger partial charge is 0.387 e. The van der Waals surface area contributed by atoms with Crippen LogP contribution in [0.25, 0.3) is 0 Å². The second kappa shape index (κ2) is 8.71. The summed E-state index contributed by atoms with van der Waals surface area (Å²) in [5.41, 5.74) is 4.70. The molecule has 0 bridgehead atoms. The van der Waals surface area contributed by atoms with Crippen molar-refractivity contribution in [3.8, 4) is 0 Å². The number of anilines is 1. The third-order valence-electron chi connectivity index (χ3n) is 10.9. The highest BCUT2D eigenvalue weighted by molar-refractivity contribution is 5.94. The minimum Gasteiger partial charge on any atom is -0.387 e. The van der Waals surface area contributed by atoms with Crippen LogP contribution in [-0.4, -0.2) is 18.2 Å². The molecular weight excluding hydrogens is 456 g/mol.